The first kappa shape index (κ1) is 15.8. The number of ether oxygens (including phenoxy) is 1. The lowest BCUT2D eigenvalue weighted by Gasteiger charge is -2.39. The topological polar surface area (TPSA) is 41.6 Å². The Morgan fingerprint density at radius 3 is 2.90 bits per heavy atom. The van der Waals surface area contributed by atoms with Crippen LogP contribution in [-0.4, -0.2) is 43.1 Å². The largest absolute Gasteiger partial charge is 0.497 e. The zero-order chi connectivity index (χ0) is 15.4. The van der Waals surface area contributed by atoms with Crippen LogP contribution in [-0.2, 0) is 0 Å². The van der Waals surface area contributed by atoms with Crippen molar-refractivity contribution in [3.05, 3.63) is 29.8 Å². The van der Waals surface area contributed by atoms with Crippen molar-refractivity contribution in [2.45, 2.75) is 39.3 Å². The van der Waals surface area contributed by atoms with Crippen LogP contribution in [0.25, 0.3) is 0 Å². The standard InChI is InChI=1S/C17H26N2O2/c1-12(2)8-15-11-19(13(3)10-18-15)17(20)14-6-5-7-16(9-14)21-4/h5-7,9,12-13,15,18H,8,10-11H2,1-4H3. The van der Waals surface area contributed by atoms with Gasteiger partial charge < -0.3 is 15.0 Å². The average molecular weight is 290 g/mol. The molecule has 2 atom stereocenters. The maximum absolute atomic E-state index is 12.8. The molecule has 4 nitrogen and oxygen atoms in total. The van der Waals surface area contributed by atoms with Crippen LogP contribution in [0, 0.1) is 5.92 Å². The SMILES string of the molecule is COc1cccc(C(=O)N2CC(CC(C)C)NCC2C)c1. The van der Waals surface area contributed by atoms with Crippen molar-refractivity contribution >= 4 is 5.91 Å². The minimum Gasteiger partial charge on any atom is -0.497 e. The molecule has 1 aromatic carbocycles. The number of rotatable bonds is 4. The highest BCUT2D eigenvalue weighted by molar-refractivity contribution is 5.95. The number of benzene rings is 1. The second-order valence-corrected chi connectivity index (χ2v) is 6.27. The normalized spacial score (nSPS) is 22.4. The Bertz CT molecular complexity index is 487. The monoisotopic (exact) mass is 290 g/mol. The Hall–Kier alpha value is -1.55. The predicted octanol–water partition coefficient (Wildman–Crippen LogP) is 2.54. The number of nitrogens with zero attached hydrogens (tertiary/aromatic N) is 1. The van der Waals surface area contributed by atoms with Crippen molar-refractivity contribution in [2.75, 3.05) is 20.2 Å². The molecule has 1 aliphatic rings. The highest BCUT2D eigenvalue weighted by atomic mass is 16.5. The number of piperazine rings is 1. The summed E-state index contributed by atoms with van der Waals surface area (Å²) in [6, 6.07) is 8.00. The number of hydrogen-bond donors (Lipinski definition) is 1. The van der Waals surface area contributed by atoms with Crippen LogP contribution in [0.1, 0.15) is 37.6 Å². The van der Waals surface area contributed by atoms with Gasteiger partial charge in [-0.05, 0) is 37.5 Å². The molecule has 1 aliphatic heterocycles. The Morgan fingerprint density at radius 2 is 2.24 bits per heavy atom. The third-order valence-corrected chi connectivity index (χ3v) is 3.98. The second kappa shape index (κ2) is 6.94. The highest BCUT2D eigenvalue weighted by Crippen LogP contribution is 2.19. The molecule has 1 saturated heterocycles. The van der Waals surface area contributed by atoms with E-state index in [-0.39, 0.29) is 11.9 Å². The molecule has 0 aliphatic carbocycles. The summed E-state index contributed by atoms with van der Waals surface area (Å²) in [7, 11) is 1.62. The summed E-state index contributed by atoms with van der Waals surface area (Å²) < 4.78 is 5.21. The molecule has 0 spiro atoms. The number of nitrogens with one attached hydrogen (secondary N) is 1. The van der Waals surface area contributed by atoms with Gasteiger partial charge in [-0.3, -0.25) is 4.79 Å². The molecule has 21 heavy (non-hydrogen) atoms. The first-order valence-corrected chi connectivity index (χ1v) is 7.69. The minimum absolute atomic E-state index is 0.0941. The zero-order valence-corrected chi connectivity index (χ0v) is 13.4. The van der Waals surface area contributed by atoms with Gasteiger partial charge >= 0.3 is 0 Å². The lowest BCUT2D eigenvalue weighted by molar-refractivity contribution is 0.0594. The van der Waals surface area contributed by atoms with E-state index < -0.39 is 0 Å². The summed E-state index contributed by atoms with van der Waals surface area (Å²) in [5.74, 6) is 1.45. The van der Waals surface area contributed by atoms with Gasteiger partial charge in [-0.2, -0.15) is 0 Å². The number of amides is 1. The van der Waals surface area contributed by atoms with Crippen LogP contribution < -0.4 is 10.1 Å². The fourth-order valence-corrected chi connectivity index (χ4v) is 2.86. The van der Waals surface area contributed by atoms with Gasteiger partial charge in [0.1, 0.15) is 5.75 Å². The zero-order valence-electron chi connectivity index (χ0n) is 13.4. The van der Waals surface area contributed by atoms with E-state index in [4.69, 9.17) is 4.74 Å². The van der Waals surface area contributed by atoms with Crippen molar-refractivity contribution in [3.63, 3.8) is 0 Å². The van der Waals surface area contributed by atoms with Gasteiger partial charge in [0.2, 0.25) is 0 Å². The van der Waals surface area contributed by atoms with Crippen molar-refractivity contribution in [2.24, 2.45) is 5.92 Å². The lowest BCUT2D eigenvalue weighted by atomic mass is 9.99. The third kappa shape index (κ3) is 3.97. The Balaban J connectivity index is 2.11. The van der Waals surface area contributed by atoms with Crippen LogP contribution in [0.15, 0.2) is 24.3 Å². The van der Waals surface area contributed by atoms with Gasteiger partial charge in [-0.1, -0.05) is 19.9 Å². The molecule has 0 aromatic heterocycles. The van der Waals surface area contributed by atoms with Crippen LogP contribution >= 0.6 is 0 Å². The van der Waals surface area contributed by atoms with Crippen molar-refractivity contribution in [3.8, 4) is 5.75 Å². The Kier molecular flexibility index (Phi) is 5.23. The first-order valence-electron chi connectivity index (χ1n) is 7.69. The molecule has 1 amide bonds. The summed E-state index contributed by atoms with van der Waals surface area (Å²) >= 11 is 0. The molecular weight excluding hydrogens is 264 g/mol. The van der Waals surface area contributed by atoms with Gasteiger partial charge in [-0.25, -0.2) is 0 Å². The van der Waals surface area contributed by atoms with E-state index >= 15 is 0 Å². The lowest BCUT2D eigenvalue weighted by Crippen LogP contribution is -2.57. The molecule has 116 valence electrons. The molecule has 1 aromatic rings. The van der Waals surface area contributed by atoms with Gasteiger partial charge in [-0.15, -0.1) is 0 Å². The van der Waals surface area contributed by atoms with E-state index in [1.807, 2.05) is 29.2 Å². The highest BCUT2D eigenvalue weighted by Gasteiger charge is 2.29. The van der Waals surface area contributed by atoms with Crippen LogP contribution in [0.2, 0.25) is 0 Å². The molecule has 1 heterocycles. The minimum atomic E-state index is 0.0941. The van der Waals surface area contributed by atoms with E-state index in [9.17, 15) is 4.79 Å². The number of carbonyl (C=O) groups excluding carboxylic acids is 1. The quantitative estimate of drug-likeness (QED) is 0.926. The molecular formula is C17H26N2O2. The van der Waals surface area contributed by atoms with Gasteiger partial charge in [0.05, 0.1) is 7.11 Å². The van der Waals surface area contributed by atoms with E-state index in [0.29, 0.717) is 17.5 Å². The molecule has 0 bridgehead atoms. The Labute approximate surface area is 127 Å². The summed E-state index contributed by atoms with van der Waals surface area (Å²) in [6.45, 7) is 8.15. The first-order chi connectivity index (χ1) is 10.0. The maximum Gasteiger partial charge on any atom is 0.254 e. The number of carbonyl (C=O) groups is 1. The summed E-state index contributed by atoms with van der Waals surface area (Å²) in [6.07, 6.45) is 1.09. The predicted molar refractivity (Wildman–Crippen MR) is 84.7 cm³/mol. The average Bonchev–Trinajstić information content (AvgIpc) is 2.48. The maximum atomic E-state index is 12.8. The van der Waals surface area contributed by atoms with Gasteiger partial charge in [0, 0.05) is 30.7 Å². The molecule has 4 heteroatoms. The second-order valence-electron chi connectivity index (χ2n) is 6.27. The molecule has 0 saturated carbocycles. The van der Waals surface area contributed by atoms with Crippen molar-refractivity contribution < 1.29 is 9.53 Å². The molecule has 1 N–H and O–H groups in total. The van der Waals surface area contributed by atoms with Crippen LogP contribution in [0.5, 0.6) is 5.75 Å². The van der Waals surface area contributed by atoms with Crippen LogP contribution in [0.3, 0.4) is 0 Å². The fraction of sp³-hybridized carbons (Fsp3) is 0.588. The van der Waals surface area contributed by atoms with Crippen molar-refractivity contribution in [1.29, 1.82) is 0 Å². The third-order valence-electron chi connectivity index (χ3n) is 3.98. The van der Waals surface area contributed by atoms with E-state index in [2.05, 4.69) is 26.1 Å². The van der Waals surface area contributed by atoms with Gasteiger partial charge in [0.15, 0.2) is 0 Å². The summed E-state index contributed by atoms with van der Waals surface area (Å²) in [5, 5.41) is 3.54. The number of hydrogen-bond acceptors (Lipinski definition) is 3. The molecule has 2 rings (SSSR count). The Morgan fingerprint density at radius 1 is 1.48 bits per heavy atom. The van der Waals surface area contributed by atoms with E-state index in [1.54, 1.807) is 7.11 Å². The summed E-state index contributed by atoms with van der Waals surface area (Å²) in [5.41, 5.74) is 0.700. The molecule has 2 unspecified atom stereocenters. The van der Waals surface area contributed by atoms with Crippen LogP contribution in [0.4, 0.5) is 0 Å². The molecule has 0 radical (unpaired) electrons. The fourth-order valence-electron chi connectivity index (χ4n) is 2.86. The number of methoxy groups -OCH3 is 1. The van der Waals surface area contributed by atoms with E-state index in [0.717, 1.165) is 25.3 Å². The summed E-state index contributed by atoms with van der Waals surface area (Å²) in [4.78, 5) is 14.7. The molecule has 1 fully saturated rings. The van der Waals surface area contributed by atoms with Gasteiger partial charge in [0.25, 0.3) is 5.91 Å². The van der Waals surface area contributed by atoms with E-state index in [1.165, 1.54) is 0 Å². The van der Waals surface area contributed by atoms with Crippen molar-refractivity contribution in [1.82, 2.24) is 10.2 Å². The smallest absolute Gasteiger partial charge is 0.254 e.